The highest BCUT2D eigenvalue weighted by molar-refractivity contribution is 6.36. The van der Waals surface area contributed by atoms with Gasteiger partial charge in [0.05, 0.1) is 18.2 Å². The first kappa shape index (κ1) is 8.28. The topological polar surface area (TPSA) is 9.23 Å². The van der Waals surface area contributed by atoms with Crippen LogP contribution in [0.2, 0.25) is 0 Å². The van der Waals surface area contributed by atoms with Gasteiger partial charge in [0.25, 0.3) is 0 Å². The fourth-order valence-electron chi connectivity index (χ4n) is 0.194. The molecule has 0 heterocycles. The molecule has 47 valence electrons. The second-order valence-electron chi connectivity index (χ2n) is 1.10. The number of hydrogen-bond donors (Lipinski definition) is 0. The van der Waals surface area contributed by atoms with Crippen LogP contribution in [0.15, 0.2) is 10.6 Å². The van der Waals surface area contributed by atoms with E-state index in [0.29, 0.717) is 11.6 Å². The van der Waals surface area contributed by atoms with Crippen LogP contribution >= 0.6 is 23.2 Å². The van der Waals surface area contributed by atoms with Crippen LogP contribution < -0.4 is 0 Å². The van der Waals surface area contributed by atoms with Crippen molar-refractivity contribution >= 4 is 23.2 Å². The average molecular weight is 154 g/mol. The van der Waals surface area contributed by atoms with E-state index in [1.807, 2.05) is 0 Å². The molecule has 8 heavy (non-hydrogen) atoms. The van der Waals surface area contributed by atoms with Gasteiger partial charge in [-0.3, -0.25) is 0 Å². The van der Waals surface area contributed by atoms with Gasteiger partial charge in [0, 0.05) is 5.54 Å². The van der Waals surface area contributed by atoms with Crippen molar-refractivity contribution in [1.82, 2.24) is 0 Å². The summed E-state index contributed by atoms with van der Waals surface area (Å²) < 4.78 is 4.78. The predicted octanol–water partition coefficient (Wildman–Crippen LogP) is 2.50. The molecule has 0 aromatic heterocycles. The van der Waals surface area contributed by atoms with E-state index in [4.69, 9.17) is 27.9 Å². The van der Waals surface area contributed by atoms with E-state index >= 15 is 0 Å². The molecule has 0 fully saturated rings. The molecule has 0 aliphatic carbocycles. The lowest BCUT2D eigenvalue weighted by Crippen LogP contribution is -1.86. The molecular formula is C5H7Cl2O. The molecule has 0 N–H and O–H groups in total. The minimum Gasteiger partial charge on any atom is -0.370 e. The second kappa shape index (κ2) is 5.42. The molecule has 0 spiro atoms. The maximum Gasteiger partial charge on any atom is 0.0836 e. The number of rotatable bonds is 3. The highest BCUT2D eigenvalue weighted by atomic mass is 35.5. The largest absolute Gasteiger partial charge is 0.370 e. The van der Waals surface area contributed by atoms with Crippen molar-refractivity contribution < 1.29 is 4.74 Å². The van der Waals surface area contributed by atoms with Crippen molar-refractivity contribution in [2.45, 2.75) is 6.92 Å². The Kier molecular flexibility index (Phi) is 5.61. The number of ether oxygens (including phenoxy) is 1. The summed E-state index contributed by atoms with van der Waals surface area (Å²) in [5, 5.41) is 0.504. The van der Waals surface area contributed by atoms with Gasteiger partial charge in [-0.15, -0.1) is 0 Å². The first-order valence-corrected chi connectivity index (χ1v) is 2.97. The molecule has 0 saturated carbocycles. The van der Waals surface area contributed by atoms with E-state index in [9.17, 15) is 0 Å². The normalized spacial score (nSPS) is 12.1. The highest BCUT2D eigenvalue weighted by Crippen LogP contribution is 2.03. The van der Waals surface area contributed by atoms with E-state index < -0.39 is 0 Å². The van der Waals surface area contributed by atoms with E-state index in [0.717, 1.165) is 0 Å². The maximum absolute atomic E-state index is 5.43. The Morgan fingerprint density at radius 3 is 2.75 bits per heavy atom. The van der Waals surface area contributed by atoms with Gasteiger partial charge < -0.3 is 4.74 Å². The van der Waals surface area contributed by atoms with Crippen LogP contribution in [0.25, 0.3) is 0 Å². The Morgan fingerprint density at radius 2 is 2.38 bits per heavy atom. The van der Waals surface area contributed by atoms with Gasteiger partial charge in [0.1, 0.15) is 0 Å². The molecule has 1 radical (unpaired) electrons. The summed E-state index contributed by atoms with van der Waals surface area (Å²) in [5.41, 5.74) is 1.28. The first-order valence-electron chi connectivity index (χ1n) is 2.15. The zero-order chi connectivity index (χ0) is 6.41. The van der Waals surface area contributed by atoms with Gasteiger partial charge in [0.15, 0.2) is 0 Å². The second-order valence-corrected chi connectivity index (χ2v) is 1.81. The molecule has 0 amide bonds. The summed E-state index contributed by atoms with van der Waals surface area (Å²) >= 11 is 10.6. The monoisotopic (exact) mass is 153 g/mol. The Morgan fingerprint density at radius 1 is 1.75 bits per heavy atom. The van der Waals surface area contributed by atoms with Gasteiger partial charge >= 0.3 is 0 Å². The third kappa shape index (κ3) is 4.44. The quantitative estimate of drug-likeness (QED) is 0.606. The molecule has 0 saturated heterocycles. The standard InChI is InChI=1S/C5H7Cl2O/c1-2-8-4-5(7)3-6/h2-3H,4H2,1H3/b5-3-. The van der Waals surface area contributed by atoms with E-state index in [-0.39, 0.29) is 0 Å². The third-order valence-corrected chi connectivity index (χ3v) is 1.10. The molecule has 0 atom stereocenters. The number of hydrogen-bond acceptors (Lipinski definition) is 1. The van der Waals surface area contributed by atoms with E-state index in [1.54, 1.807) is 13.5 Å². The van der Waals surface area contributed by atoms with Crippen molar-refractivity contribution in [3.05, 3.63) is 17.2 Å². The average Bonchev–Trinajstić information content (AvgIpc) is 1.83. The lowest BCUT2D eigenvalue weighted by molar-refractivity contribution is 0.236. The first-order chi connectivity index (χ1) is 3.81. The molecule has 3 heteroatoms. The molecule has 0 aromatic rings. The van der Waals surface area contributed by atoms with Gasteiger partial charge in [0.2, 0.25) is 0 Å². The Balaban J connectivity index is 3.12. The van der Waals surface area contributed by atoms with E-state index in [1.165, 1.54) is 5.54 Å². The molecule has 1 nitrogen and oxygen atoms in total. The lowest BCUT2D eigenvalue weighted by atomic mass is 10.7. The van der Waals surface area contributed by atoms with E-state index in [2.05, 4.69) is 0 Å². The molecule has 0 rings (SSSR count). The zero-order valence-electron chi connectivity index (χ0n) is 4.53. The Bertz CT molecular complexity index is 80.5. The minimum atomic E-state index is 0.363. The SMILES string of the molecule is C[CH]OC/C(Cl)=C/Cl. The van der Waals surface area contributed by atoms with Crippen LogP contribution in [-0.2, 0) is 4.74 Å². The summed E-state index contributed by atoms with van der Waals surface area (Å²) in [6, 6.07) is 0. The Hall–Kier alpha value is 0.280. The van der Waals surface area contributed by atoms with Crippen molar-refractivity contribution in [2.24, 2.45) is 0 Å². The minimum absolute atomic E-state index is 0.363. The summed E-state index contributed by atoms with van der Waals surface area (Å²) in [5.74, 6) is 0. The van der Waals surface area contributed by atoms with Crippen LogP contribution in [-0.4, -0.2) is 6.61 Å². The van der Waals surface area contributed by atoms with Crippen molar-refractivity contribution in [3.8, 4) is 0 Å². The van der Waals surface area contributed by atoms with Crippen molar-refractivity contribution in [2.75, 3.05) is 6.61 Å². The van der Waals surface area contributed by atoms with Crippen LogP contribution in [0, 0.1) is 6.61 Å². The molecule has 0 aromatic carbocycles. The van der Waals surface area contributed by atoms with Gasteiger partial charge in [-0.2, -0.15) is 0 Å². The summed E-state index contributed by atoms with van der Waals surface area (Å²) in [7, 11) is 0. The van der Waals surface area contributed by atoms with Gasteiger partial charge in [-0.25, -0.2) is 0 Å². The van der Waals surface area contributed by atoms with Crippen LogP contribution in [0.5, 0.6) is 0 Å². The molecule has 0 aliphatic rings. The summed E-state index contributed by atoms with van der Waals surface area (Å²) in [6.07, 6.45) is 0. The maximum atomic E-state index is 5.43. The fourth-order valence-corrected chi connectivity index (χ4v) is 0.320. The molecule has 0 aliphatic heterocycles. The number of halogens is 2. The predicted molar refractivity (Wildman–Crippen MR) is 35.7 cm³/mol. The van der Waals surface area contributed by atoms with Gasteiger partial charge in [-0.05, 0) is 6.92 Å². The van der Waals surface area contributed by atoms with Crippen molar-refractivity contribution in [1.29, 1.82) is 0 Å². The van der Waals surface area contributed by atoms with Crippen LogP contribution in [0.3, 0.4) is 0 Å². The smallest absolute Gasteiger partial charge is 0.0836 e. The third-order valence-electron chi connectivity index (χ3n) is 0.506. The van der Waals surface area contributed by atoms with Crippen LogP contribution in [0.4, 0.5) is 0 Å². The lowest BCUT2D eigenvalue weighted by Gasteiger charge is -1.94. The molecule has 0 unspecified atom stereocenters. The van der Waals surface area contributed by atoms with Gasteiger partial charge in [-0.1, -0.05) is 23.2 Å². The summed E-state index contributed by atoms with van der Waals surface area (Å²) in [4.78, 5) is 0. The zero-order valence-corrected chi connectivity index (χ0v) is 6.04. The Labute approximate surface area is 59.2 Å². The molecular weight excluding hydrogens is 147 g/mol. The summed E-state index contributed by atoms with van der Waals surface area (Å²) in [6.45, 7) is 3.70. The molecule has 0 bridgehead atoms. The fraction of sp³-hybridized carbons (Fsp3) is 0.400. The highest BCUT2D eigenvalue weighted by Gasteiger charge is 1.87. The van der Waals surface area contributed by atoms with Crippen molar-refractivity contribution in [3.63, 3.8) is 0 Å². The van der Waals surface area contributed by atoms with Crippen LogP contribution in [0.1, 0.15) is 6.92 Å².